The Bertz CT molecular complexity index is 578. The molecule has 2 rings (SSSR count). The molecule has 19 heavy (non-hydrogen) atoms. The van der Waals surface area contributed by atoms with E-state index < -0.39 is 11.7 Å². The number of nitrogens with two attached hydrogens (primary N) is 1. The zero-order valence-corrected chi connectivity index (χ0v) is 10.1. The monoisotopic (exact) mass is 271 g/mol. The van der Waals surface area contributed by atoms with Crippen LogP contribution in [0.2, 0.25) is 0 Å². The van der Waals surface area contributed by atoms with Crippen LogP contribution in [0, 0.1) is 0 Å². The fraction of sp³-hybridized carbons (Fsp3) is 0.250. The molecule has 0 saturated heterocycles. The van der Waals surface area contributed by atoms with E-state index in [-0.39, 0.29) is 11.4 Å². The standard InChI is InChI=1S/C12H12F3N3O/c1-2-18-7-9(6-17-18)19-8-3-4-11(16)10(5-8)12(13,14)15/h3-7H,2,16H2,1H3. The molecule has 0 aliphatic rings. The lowest BCUT2D eigenvalue weighted by Gasteiger charge is -2.11. The fourth-order valence-corrected chi connectivity index (χ4v) is 1.55. The molecule has 2 N–H and O–H groups in total. The molecule has 1 aromatic heterocycles. The first kappa shape index (κ1) is 13.3. The van der Waals surface area contributed by atoms with Gasteiger partial charge in [-0.15, -0.1) is 0 Å². The minimum atomic E-state index is -4.50. The smallest absolute Gasteiger partial charge is 0.418 e. The Morgan fingerprint density at radius 3 is 2.63 bits per heavy atom. The molecule has 1 heterocycles. The molecule has 0 bridgehead atoms. The van der Waals surface area contributed by atoms with E-state index in [1.807, 2.05) is 6.92 Å². The summed E-state index contributed by atoms with van der Waals surface area (Å²) >= 11 is 0. The second-order valence-corrected chi connectivity index (χ2v) is 3.88. The summed E-state index contributed by atoms with van der Waals surface area (Å²) in [4.78, 5) is 0. The van der Waals surface area contributed by atoms with Crippen LogP contribution < -0.4 is 10.5 Å². The molecule has 7 heteroatoms. The van der Waals surface area contributed by atoms with Crippen molar-refractivity contribution >= 4 is 5.69 Å². The lowest BCUT2D eigenvalue weighted by atomic mass is 10.1. The molecular weight excluding hydrogens is 259 g/mol. The third-order valence-electron chi connectivity index (χ3n) is 2.50. The van der Waals surface area contributed by atoms with Gasteiger partial charge in [0.15, 0.2) is 5.75 Å². The SMILES string of the molecule is CCn1cc(Oc2ccc(N)c(C(F)(F)F)c2)cn1. The summed E-state index contributed by atoms with van der Waals surface area (Å²) in [7, 11) is 0. The molecule has 2 aromatic rings. The van der Waals surface area contributed by atoms with Crippen LogP contribution in [0.1, 0.15) is 12.5 Å². The Kier molecular flexibility index (Phi) is 3.37. The number of aryl methyl sites for hydroxylation is 1. The summed E-state index contributed by atoms with van der Waals surface area (Å²) in [5.41, 5.74) is 4.06. The predicted octanol–water partition coefficient (Wildman–Crippen LogP) is 3.30. The number of hydrogen-bond donors (Lipinski definition) is 1. The van der Waals surface area contributed by atoms with Crippen LogP contribution >= 0.6 is 0 Å². The number of nitrogens with zero attached hydrogens (tertiary/aromatic N) is 2. The van der Waals surface area contributed by atoms with Gasteiger partial charge >= 0.3 is 6.18 Å². The Morgan fingerprint density at radius 1 is 1.32 bits per heavy atom. The number of aromatic nitrogens is 2. The molecular formula is C12H12F3N3O. The van der Waals surface area contributed by atoms with Gasteiger partial charge in [0, 0.05) is 12.2 Å². The van der Waals surface area contributed by atoms with Gasteiger partial charge in [0.2, 0.25) is 0 Å². The van der Waals surface area contributed by atoms with Gasteiger partial charge in [-0.05, 0) is 25.1 Å². The first-order valence-electron chi connectivity index (χ1n) is 5.57. The van der Waals surface area contributed by atoms with Crippen molar-refractivity contribution in [3.05, 3.63) is 36.2 Å². The predicted molar refractivity (Wildman–Crippen MR) is 63.8 cm³/mol. The molecule has 4 nitrogen and oxygen atoms in total. The Balaban J connectivity index is 2.26. The minimum Gasteiger partial charge on any atom is -0.454 e. The largest absolute Gasteiger partial charge is 0.454 e. The van der Waals surface area contributed by atoms with Crippen LogP contribution in [0.4, 0.5) is 18.9 Å². The molecule has 0 radical (unpaired) electrons. The topological polar surface area (TPSA) is 53.1 Å². The van der Waals surface area contributed by atoms with Crippen molar-refractivity contribution in [1.29, 1.82) is 0 Å². The zero-order chi connectivity index (χ0) is 14.0. The van der Waals surface area contributed by atoms with Gasteiger partial charge in [-0.25, -0.2) is 0 Å². The Labute approximate surface area is 107 Å². The van der Waals surface area contributed by atoms with Crippen molar-refractivity contribution < 1.29 is 17.9 Å². The molecule has 0 saturated carbocycles. The van der Waals surface area contributed by atoms with E-state index >= 15 is 0 Å². The van der Waals surface area contributed by atoms with E-state index in [4.69, 9.17) is 10.5 Å². The van der Waals surface area contributed by atoms with Crippen LogP contribution in [-0.2, 0) is 12.7 Å². The molecule has 0 amide bonds. The van der Waals surface area contributed by atoms with Crippen LogP contribution in [0.25, 0.3) is 0 Å². The molecule has 102 valence electrons. The molecule has 0 spiro atoms. The lowest BCUT2D eigenvalue weighted by Crippen LogP contribution is -2.08. The van der Waals surface area contributed by atoms with E-state index in [1.54, 1.807) is 10.9 Å². The molecule has 1 aromatic carbocycles. The number of ether oxygens (including phenoxy) is 1. The zero-order valence-electron chi connectivity index (χ0n) is 10.1. The Morgan fingerprint density at radius 2 is 2.05 bits per heavy atom. The highest BCUT2D eigenvalue weighted by molar-refractivity contribution is 5.52. The summed E-state index contributed by atoms with van der Waals surface area (Å²) < 4.78 is 44.9. The van der Waals surface area contributed by atoms with E-state index in [9.17, 15) is 13.2 Å². The number of rotatable bonds is 3. The summed E-state index contributed by atoms with van der Waals surface area (Å²) in [5.74, 6) is 0.442. The molecule has 0 aliphatic heterocycles. The van der Waals surface area contributed by atoms with Crippen molar-refractivity contribution in [3.8, 4) is 11.5 Å². The highest BCUT2D eigenvalue weighted by Gasteiger charge is 2.33. The van der Waals surface area contributed by atoms with Crippen LogP contribution in [0.3, 0.4) is 0 Å². The maximum absolute atomic E-state index is 12.7. The van der Waals surface area contributed by atoms with Gasteiger partial charge in [0.1, 0.15) is 5.75 Å². The number of anilines is 1. The third-order valence-corrected chi connectivity index (χ3v) is 2.50. The van der Waals surface area contributed by atoms with Crippen molar-refractivity contribution in [3.63, 3.8) is 0 Å². The first-order valence-corrected chi connectivity index (χ1v) is 5.57. The van der Waals surface area contributed by atoms with E-state index in [0.717, 1.165) is 6.07 Å². The molecule has 0 atom stereocenters. The Hall–Kier alpha value is -2.18. The highest BCUT2D eigenvalue weighted by Crippen LogP contribution is 2.36. The van der Waals surface area contributed by atoms with Gasteiger partial charge in [-0.1, -0.05) is 0 Å². The average Bonchev–Trinajstić information content (AvgIpc) is 2.78. The van der Waals surface area contributed by atoms with Crippen molar-refractivity contribution in [1.82, 2.24) is 9.78 Å². The number of nitrogen functional groups attached to an aromatic ring is 1. The van der Waals surface area contributed by atoms with Crippen LogP contribution in [0.5, 0.6) is 11.5 Å². The average molecular weight is 271 g/mol. The van der Waals surface area contributed by atoms with Gasteiger partial charge in [0.05, 0.1) is 18.0 Å². The van der Waals surface area contributed by atoms with Gasteiger partial charge in [0.25, 0.3) is 0 Å². The second kappa shape index (κ2) is 4.83. The lowest BCUT2D eigenvalue weighted by molar-refractivity contribution is -0.137. The van der Waals surface area contributed by atoms with Crippen molar-refractivity contribution in [2.45, 2.75) is 19.6 Å². The van der Waals surface area contributed by atoms with E-state index in [1.165, 1.54) is 18.3 Å². The fourth-order valence-electron chi connectivity index (χ4n) is 1.55. The quantitative estimate of drug-likeness (QED) is 0.871. The highest BCUT2D eigenvalue weighted by atomic mass is 19.4. The summed E-state index contributed by atoms with van der Waals surface area (Å²) in [5, 5.41) is 3.96. The van der Waals surface area contributed by atoms with Gasteiger partial charge in [-0.2, -0.15) is 18.3 Å². The second-order valence-electron chi connectivity index (χ2n) is 3.88. The number of benzene rings is 1. The summed E-state index contributed by atoms with van der Waals surface area (Å²) in [6, 6.07) is 3.43. The molecule has 0 aliphatic carbocycles. The summed E-state index contributed by atoms with van der Waals surface area (Å²) in [6.45, 7) is 2.54. The van der Waals surface area contributed by atoms with Gasteiger partial charge < -0.3 is 10.5 Å². The van der Waals surface area contributed by atoms with Crippen LogP contribution in [0.15, 0.2) is 30.6 Å². The maximum Gasteiger partial charge on any atom is 0.418 e. The van der Waals surface area contributed by atoms with Crippen LogP contribution in [-0.4, -0.2) is 9.78 Å². The number of halogens is 3. The third kappa shape index (κ3) is 2.98. The molecule has 0 fully saturated rings. The van der Waals surface area contributed by atoms with Crippen molar-refractivity contribution in [2.75, 3.05) is 5.73 Å². The number of alkyl halides is 3. The minimum absolute atomic E-state index is 0.0668. The van der Waals surface area contributed by atoms with Gasteiger partial charge in [-0.3, -0.25) is 4.68 Å². The number of hydrogen-bond acceptors (Lipinski definition) is 3. The first-order chi connectivity index (χ1) is 8.90. The molecule has 0 unspecified atom stereocenters. The summed E-state index contributed by atoms with van der Waals surface area (Å²) in [6.07, 6.45) is -1.46. The maximum atomic E-state index is 12.7. The van der Waals surface area contributed by atoms with E-state index in [2.05, 4.69) is 5.10 Å². The normalized spacial score (nSPS) is 11.6. The van der Waals surface area contributed by atoms with Crippen molar-refractivity contribution in [2.24, 2.45) is 0 Å². The van der Waals surface area contributed by atoms with E-state index in [0.29, 0.717) is 12.3 Å².